The molecule has 1 N–H and O–H groups in total. The molecule has 3 nitrogen and oxygen atoms in total. The Hall–Kier alpha value is -1.35. The van der Waals surface area contributed by atoms with E-state index in [9.17, 15) is 4.79 Å². The van der Waals surface area contributed by atoms with Crippen LogP contribution in [0.2, 0.25) is 0 Å². The SMILES string of the molecule is CC(CC(=O)N(C1CC1)C1CCCc2ccccc21)C1CCNCC1. The van der Waals surface area contributed by atoms with E-state index in [1.165, 1.54) is 49.7 Å². The molecule has 1 aromatic rings. The second-order valence-corrected chi connectivity index (χ2v) is 8.41. The van der Waals surface area contributed by atoms with Crippen molar-refractivity contribution in [1.29, 1.82) is 0 Å². The van der Waals surface area contributed by atoms with Gasteiger partial charge in [-0.1, -0.05) is 31.2 Å². The lowest BCUT2D eigenvalue weighted by Crippen LogP contribution is -2.40. The molecule has 0 radical (unpaired) electrons. The van der Waals surface area contributed by atoms with E-state index in [1.54, 1.807) is 0 Å². The first-order chi connectivity index (χ1) is 12.2. The van der Waals surface area contributed by atoms with E-state index >= 15 is 0 Å². The molecule has 136 valence electrons. The maximum Gasteiger partial charge on any atom is 0.223 e. The van der Waals surface area contributed by atoms with Crippen molar-refractivity contribution in [2.45, 2.75) is 70.4 Å². The monoisotopic (exact) mass is 340 g/mol. The van der Waals surface area contributed by atoms with Gasteiger partial charge in [0.15, 0.2) is 0 Å². The van der Waals surface area contributed by atoms with Gasteiger partial charge in [0.2, 0.25) is 5.91 Å². The summed E-state index contributed by atoms with van der Waals surface area (Å²) in [5.74, 6) is 1.63. The van der Waals surface area contributed by atoms with Gasteiger partial charge in [0.1, 0.15) is 0 Å². The van der Waals surface area contributed by atoms with E-state index < -0.39 is 0 Å². The summed E-state index contributed by atoms with van der Waals surface area (Å²) >= 11 is 0. The van der Waals surface area contributed by atoms with Gasteiger partial charge < -0.3 is 10.2 Å². The summed E-state index contributed by atoms with van der Waals surface area (Å²) in [4.78, 5) is 15.6. The summed E-state index contributed by atoms with van der Waals surface area (Å²) in [6, 6.07) is 9.63. The number of nitrogens with one attached hydrogen (secondary N) is 1. The van der Waals surface area contributed by atoms with Gasteiger partial charge in [0.05, 0.1) is 6.04 Å². The van der Waals surface area contributed by atoms with Crippen LogP contribution in [-0.4, -0.2) is 29.9 Å². The van der Waals surface area contributed by atoms with Crippen molar-refractivity contribution in [1.82, 2.24) is 10.2 Å². The Morgan fingerprint density at radius 3 is 2.68 bits per heavy atom. The van der Waals surface area contributed by atoms with E-state index in [-0.39, 0.29) is 0 Å². The van der Waals surface area contributed by atoms with E-state index in [2.05, 4.69) is 41.4 Å². The lowest BCUT2D eigenvalue weighted by atomic mass is 9.83. The lowest BCUT2D eigenvalue weighted by Gasteiger charge is -2.37. The molecule has 2 aliphatic carbocycles. The molecule has 2 unspecified atom stereocenters. The van der Waals surface area contributed by atoms with Crippen LogP contribution in [0.4, 0.5) is 0 Å². The number of aryl methyl sites for hydroxylation is 1. The number of piperidine rings is 1. The van der Waals surface area contributed by atoms with E-state index in [0.29, 0.717) is 29.8 Å². The standard InChI is InChI=1S/C22H32N2O/c1-16(17-11-13-23-14-12-17)15-22(25)24(19-9-10-19)21-8-4-6-18-5-2-3-7-20(18)21/h2-3,5,7,16-17,19,21,23H,4,6,8-15H2,1H3. The Labute approximate surface area is 152 Å². The maximum atomic E-state index is 13.3. The van der Waals surface area contributed by atoms with Crippen molar-refractivity contribution in [3.8, 4) is 0 Å². The molecule has 1 saturated heterocycles. The average molecular weight is 341 g/mol. The zero-order valence-electron chi connectivity index (χ0n) is 15.5. The second kappa shape index (κ2) is 7.49. The minimum Gasteiger partial charge on any atom is -0.333 e. The highest BCUT2D eigenvalue weighted by atomic mass is 16.2. The number of amides is 1. The third-order valence-electron chi connectivity index (χ3n) is 6.59. The molecule has 0 spiro atoms. The highest BCUT2D eigenvalue weighted by molar-refractivity contribution is 5.78. The number of nitrogens with zero attached hydrogens (tertiary/aromatic N) is 1. The van der Waals surface area contributed by atoms with Crippen molar-refractivity contribution in [3.63, 3.8) is 0 Å². The highest BCUT2D eigenvalue weighted by Gasteiger charge is 2.40. The average Bonchev–Trinajstić information content (AvgIpc) is 3.48. The number of rotatable bonds is 5. The highest BCUT2D eigenvalue weighted by Crippen LogP contribution is 2.41. The zero-order valence-corrected chi connectivity index (χ0v) is 15.5. The number of carbonyl (C=O) groups excluding carboxylic acids is 1. The van der Waals surface area contributed by atoms with Gasteiger partial charge in [-0.2, -0.15) is 0 Å². The fourth-order valence-corrected chi connectivity index (χ4v) is 4.96. The molecule has 4 rings (SSSR count). The normalized spacial score (nSPS) is 25.2. The van der Waals surface area contributed by atoms with Crippen molar-refractivity contribution in [2.24, 2.45) is 11.8 Å². The Kier molecular flexibility index (Phi) is 5.12. The molecule has 1 saturated carbocycles. The van der Waals surface area contributed by atoms with E-state index in [0.717, 1.165) is 25.9 Å². The van der Waals surface area contributed by atoms with Crippen molar-refractivity contribution in [3.05, 3.63) is 35.4 Å². The molecular formula is C22H32N2O. The Balaban J connectivity index is 1.49. The summed E-state index contributed by atoms with van der Waals surface area (Å²) < 4.78 is 0. The second-order valence-electron chi connectivity index (χ2n) is 8.41. The largest absolute Gasteiger partial charge is 0.333 e. The van der Waals surface area contributed by atoms with E-state index in [4.69, 9.17) is 0 Å². The summed E-state index contributed by atoms with van der Waals surface area (Å²) in [6.45, 7) is 4.53. The number of carbonyl (C=O) groups is 1. The molecule has 1 amide bonds. The maximum absolute atomic E-state index is 13.3. The third-order valence-corrected chi connectivity index (χ3v) is 6.59. The first-order valence-corrected chi connectivity index (χ1v) is 10.3. The summed E-state index contributed by atoms with van der Waals surface area (Å²) in [5, 5.41) is 3.44. The lowest BCUT2D eigenvalue weighted by molar-refractivity contribution is -0.136. The molecule has 2 fully saturated rings. The molecule has 0 bridgehead atoms. The number of hydrogen-bond acceptors (Lipinski definition) is 2. The molecule has 25 heavy (non-hydrogen) atoms. The van der Waals surface area contributed by atoms with Crippen molar-refractivity contribution < 1.29 is 4.79 Å². The molecule has 1 heterocycles. The molecular weight excluding hydrogens is 308 g/mol. The van der Waals surface area contributed by atoms with Crippen LogP contribution in [0.3, 0.4) is 0 Å². The predicted octanol–water partition coefficient (Wildman–Crippen LogP) is 4.08. The topological polar surface area (TPSA) is 32.3 Å². The van der Waals surface area contributed by atoms with Crippen LogP contribution in [0.1, 0.15) is 69.0 Å². The quantitative estimate of drug-likeness (QED) is 0.876. The number of hydrogen-bond donors (Lipinski definition) is 1. The minimum atomic E-state index is 0.324. The van der Waals surface area contributed by atoms with Crippen LogP contribution < -0.4 is 5.32 Å². The Bertz CT molecular complexity index is 604. The number of benzene rings is 1. The van der Waals surface area contributed by atoms with Gasteiger partial charge in [-0.25, -0.2) is 0 Å². The van der Waals surface area contributed by atoms with Gasteiger partial charge >= 0.3 is 0 Å². The first-order valence-electron chi connectivity index (χ1n) is 10.3. The molecule has 3 aliphatic rings. The van der Waals surface area contributed by atoms with Crippen LogP contribution in [0.25, 0.3) is 0 Å². The van der Waals surface area contributed by atoms with Crippen LogP contribution in [0.15, 0.2) is 24.3 Å². The smallest absolute Gasteiger partial charge is 0.223 e. The van der Waals surface area contributed by atoms with Crippen LogP contribution in [-0.2, 0) is 11.2 Å². The fourth-order valence-electron chi connectivity index (χ4n) is 4.96. The predicted molar refractivity (Wildman–Crippen MR) is 101 cm³/mol. The Morgan fingerprint density at radius 1 is 1.16 bits per heavy atom. The summed E-state index contributed by atoms with van der Waals surface area (Å²) in [6.07, 6.45) is 9.11. The molecule has 0 aromatic heterocycles. The van der Waals surface area contributed by atoms with Gasteiger partial charge in [-0.05, 0) is 81.0 Å². The van der Waals surface area contributed by atoms with Gasteiger partial charge in [0.25, 0.3) is 0 Å². The summed E-state index contributed by atoms with van der Waals surface area (Å²) in [7, 11) is 0. The van der Waals surface area contributed by atoms with Crippen molar-refractivity contribution in [2.75, 3.05) is 13.1 Å². The number of fused-ring (bicyclic) bond motifs is 1. The van der Waals surface area contributed by atoms with Gasteiger partial charge in [0, 0.05) is 12.5 Å². The van der Waals surface area contributed by atoms with Crippen LogP contribution >= 0.6 is 0 Å². The third kappa shape index (κ3) is 3.76. The minimum absolute atomic E-state index is 0.324. The first kappa shape index (κ1) is 17.1. The molecule has 1 aromatic carbocycles. The Morgan fingerprint density at radius 2 is 1.92 bits per heavy atom. The van der Waals surface area contributed by atoms with Gasteiger partial charge in [-0.3, -0.25) is 4.79 Å². The van der Waals surface area contributed by atoms with Crippen LogP contribution in [0, 0.1) is 11.8 Å². The molecule has 2 atom stereocenters. The summed E-state index contributed by atoms with van der Waals surface area (Å²) in [5.41, 5.74) is 2.88. The molecule has 3 heteroatoms. The fraction of sp³-hybridized carbons (Fsp3) is 0.682. The van der Waals surface area contributed by atoms with Crippen molar-refractivity contribution >= 4 is 5.91 Å². The van der Waals surface area contributed by atoms with Gasteiger partial charge in [-0.15, -0.1) is 0 Å². The van der Waals surface area contributed by atoms with E-state index in [1.807, 2.05) is 0 Å². The van der Waals surface area contributed by atoms with Crippen LogP contribution in [0.5, 0.6) is 0 Å². The zero-order chi connectivity index (χ0) is 17.2. The molecule has 1 aliphatic heterocycles.